The maximum Gasteiger partial charge on any atom is 0.123 e. The van der Waals surface area contributed by atoms with Gasteiger partial charge in [0.15, 0.2) is 0 Å². The number of benzene rings is 1. The Morgan fingerprint density at radius 2 is 1.50 bits per heavy atom. The highest BCUT2D eigenvalue weighted by molar-refractivity contribution is 5.83. The Kier molecular flexibility index (Phi) is 3.48. The molecule has 16 heavy (non-hydrogen) atoms. The lowest BCUT2D eigenvalue weighted by Gasteiger charge is -2.15. The largest absolute Gasteiger partial charge is 0.207 e. The van der Waals surface area contributed by atoms with Crippen molar-refractivity contribution in [2.45, 2.75) is 20.8 Å². The number of allylic oxidation sites excluding steroid dienone is 3. The summed E-state index contributed by atoms with van der Waals surface area (Å²) in [4.78, 5) is 0. The fourth-order valence-electron chi connectivity index (χ4n) is 1.80. The van der Waals surface area contributed by atoms with Gasteiger partial charge < -0.3 is 0 Å². The molecule has 0 unspecified atom stereocenters. The van der Waals surface area contributed by atoms with E-state index >= 15 is 0 Å². The Hall–Kier alpha value is -1.63. The van der Waals surface area contributed by atoms with Gasteiger partial charge in [0.1, 0.15) is 5.82 Å². The molecule has 1 aromatic carbocycles. The van der Waals surface area contributed by atoms with Gasteiger partial charge in [-0.2, -0.15) is 0 Å². The van der Waals surface area contributed by atoms with Crippen LogP contribution in [0.1, 0.15) is 23.6 Å². The summed E-state index contributed by atoms with van der Waals surface area (Å²) in [5.74, 6) is -0.215. The predicted octanol–water partition coefficient (Wildman–Crippen LogP) is 4.59. The average Bonchev–Trinajstić information content (AvgIpc) is 2.14. The quantitative estimate of drug-likeness (QED) is 0.648. The summed E-state index contributed by atoms with van der Waals surface area (Å²) in [7, 11) is 0. The molecule has 84 valence electrons. The van der Waals surface area contributed by atoms with E-state index in [0.29, 0.717) is 0 Å². The molecule has 0 atom stereocenters. The zero-order valence-corrected chi connectivity index (χ0v) is 10.2. The van der Waals surface area contributed by atoms with Gasteiger partial charge in [-0.1, -0.05) is 25.3 Å². The van der Waals surface area contributed by atoms with Gasteiger partial charge in [0.2, 0.25) is 0 Å². The van der Waals surface area contributed by atoms with E-state index in [0.717, 1.165) is 33.4 Å². The summed E-state index contributed by atoms with van der Waals surface area (Å²) >= 11 is 0. The van der Waals surface area contributed by atoms with Crippen LogP contribution in [0.5, 0.6) is 0 Å². The summed E-state index contributed by atoms with van der Waals surface area (Å²) in [6.07, 6.45) is 0. The standard InChI is InChI=1S/C15H17F/c1-9(2)12(5)13(6)15-10(3)7-14(16)8-11(15)4/h7-8H,1,5-6H2,2-4H3. The molecule has 0 N–H and O–H groups in total. The van der Waals surface area contributed by atoms with E-state index in [1.807, 2.05) is 20.8 Å². The van der Waals surface area contributed by atoms with E-state index in [1.54, 1.807) is 0 Å². The van der Waals surface area contributed by atoms with Gasteiger partial charge in [-0.25, -0.2) is 4.39 Å². The smallest absolute Gasteiger partial charge is 0.123 e. The fraction of sp³-hybridized carbons (Fsp3) is 0.200. The first kappa shape index (κ1) is 12.4. The second-order valence-corrected chi connectivity index (χ2v) is 4.15. The Morgan fingerprint density at radius 3 is 1.88 bits per heavy atom. The van der Waals surface area contributed by atoms with Crippen molar-refractivity contribution in [2.75, 3.05) is 0 Å². The van der Waals surface area contributed by atoms with E-state index in [-0.39, 0.29) is 5.82 Å². The number of hydrogen-bond acceptors (Lipinski definition) is 0. The van der Waals surface area contributed by atoms with Gasteiger partial charge >= 0.3 is 0 Å². The van der Waals surface area contributed by atoms with Gasteiger partial charge in [0.05, 0.1) is 0 Å². The summed E-state index contributed by atoms with van der Waals surface area (Å²) in [5.41, 5.74) is 5.25. The number of hydrogen-bond donors (Lipinski definition) is 0. The van der Waals surface area contributed by atoms with Gasteiger partial charge in [-0.15, -0.1) is 0 Å². The summed E-state index contributed by atoms with van der Waals surface area (Å²) < 4.78 is 13.2. The lowest BCUT2D eigenvalue weighted by molar-refractivity contribution is 0.625. The fourth-order valence-corrected chi connectivity index (χ4v) is 1.80. The minimum atomic E-state index is -0.215. The van der Waals surface area contributed by atoms with E-state index in [9.17, 15) is 4.39 Å². The van der Waals surface area contributed by atoms with E-state index in [1.165, 1.54) is 12.1 Å². The zero-order valence-electron chi connectivity index (χ0n) is 10.2. The zero-order chi connectivity index (χ0) is 12.5. The molecule has 1 heteroatoms. The van der Waals surface area contributed by atoms with Crippen molar-refractivity contribution >= 4 is 5.57 Å². The van der Waals surface area contributed by atoms with Crippen molar-refractivity contribution in [1.29, 1.82) is 0 Å². The van der Waals surface area contributed by atoms with Crippen LogP contribution in [0.4, 0.5) is 4.39 Å². The van der Waals surface area contributed by atoms with Crippen LogP contribution < -0.4 is 0 Å². The molecule has 0 radical (unpaired) electrons. The van der Waals surface area contributed by atoms with Crippen molar-refractivity contribution < 1.29 is 4.39 Å². The molecule has 0 fully saturated rings. The second-order valence-electron chi connectivity index (χ2n) is 4.15. The molecule has 0 saturated heterocycles. The number of rotatable bonds is 3. The van der Waals surface area contributed by atoms with E-state index in [2.05, 4.69) is 19.7 Å². The van der Waals surface area contributed by atoms with Crippen molar-refractivity contribution in [3.63, 3.8) is 0 Å². The van der Waals surface area contributed by atoms with Crippen LogP contribution in [-0.2, 0) is 0 Å². The molecule has 0 saturated carbocycles. The Bertz CT molecular complexity index is 455. The summed E-state index contributed by atoms with van der Waals surface area (Å²) in [6.45, 7) is 17.4. The first-order valence-corrected chi connectivity index (χ1v) is 5.15. The molecular formula is C15H17F. The van der Waals surface area contributed by atoms with Crippen molar-refractivity contribution in [3.05, 3.63) is 65.5 Å². The van der Waals surface area contributed by atoms with Crippen LogP contribution in [0.2, 0.25) is 0 Å². The minimum absolute atomic E-state index is 0.215. The topological polar surface area (TPSA) is 0 Å². The predicted molar refractivity (Wildman–Crippen MR) is 68.9 cm³/mol. The van der Waals surface area contributed by atoms with Crippen LogP contribution in [0.25, 0.3) is 5.57 Å². The molecule has 0 bridgehead atoms. The molecule has 0 amide bonds. The number of halogens is 1. The molecule has 1 rings (SSSR count). The van der Waals surface area contributed by atoms with Crippen LogP contribution in [0.15, 0.2) is 43.0 Å². The van der Waals surface area contributed by atoms with Crippen molar-refractivity contribution in [3.8, 4) is 0 Å². The van der Waals surface area contributed by atoms with Crippen molar-refractivity contribution in [1.82, 2.24) is 0 Å². The molecule has 0 nitrogen and oxygen atoms in total. The Morgan fingerprint density at radius 1 is 1.06 bits per heavy atom. The summed E-state index contributed by atoms with van der Waals surface area (Å²) in [6, 6.07) is 3.03. The van der Waals surface area contributed by atoms with Gasteiger partial charge in [0, 0.05) is 0 Å². The first-order chi connectivity index (χ1) is 7.34. The monoisotopic (exact) mass is 216 g/mol. The number of aryl methyl sites for hydroxylation is 2. The molecule has 0 aromatic heterocycles. The molecule has 0 aliphatic carbocycles. The third-order valence-corrected chi connectivity index (χ3v) is 2.68. The van der Waals surface area contributed by atoms with Gasteiger partial charge in [-0.3, -0.25) is 0 Å². The van der Waals surface area contributed by atoms with Crippen LogP contribution in [0, 0.1) is 19.7 Å². The highest BCUT2D eigenvalue weighted by Crippen LogP contribution is 2.30. The highest BCUT2D eigenvalue weighted by atomic mass is 19.1. The van der Waals surface area contributed by atoms with Crippen LogP contribution in [-0.4, -0.2) is 0 Å². The third-order valence-electron chi connectivity index (χ3n) is 2.68. The molecular weight excluding hydrogens is 199 g/mol. The SMILES string of the molecule is C=C(C)C(=C)C(=C)c1c(C)cc(F)cc1C. The van der Waals surface area contributed by atoms with Gasteiger partial charge in [0.25, 0.3) is 0 Å². The minimum Gasteiger partial charge on any atom is -0.207 e. The highest BCUT2D eigenvalue weighted by Gasteiger charge is 2.11. The molecule has 0 aliphatic rings. The van der Waals surface area contributed by atoms with E-state index in [4.69, 9.17) is 0 Å². The molecule has 0 spiro atoms. The Labute approximate surface area is 96.8 Å². The molecule has 0 heterocycles. The molecule has 1 aromatic rings. The van der Waals surface area contributed by atoms with Crippen molar-refractivity contribution in [2.24, 2.45) is 0 Å². The summed E-state index contributed by atoms with van der Waals surface area (Å²) in [5, 5.41) is 0. The van der Waals surface area contributed by atoms with Crippen LogP contribution in [0.3, 0.4) is 0 Å². The lowest BCUT2D eigenvalue weighted by atomic mass is 9.90. The average molecular weight is 216 g/mol. The van der Waals surface area contributed by atoms with Crippen LogP contribution >= 0.6 is 0 Å². The third kappa shape index (κ3) is 2.30. The molecule has 0 aliphatic heterocycles. The first-order valence-electron chi connectivity index (χ1n) is 5.15. The van der Waals surface area contributed by atoms with Gasteiger partial charge in [-0.05, 0) is 60.7 Å². The second kappa shape index (κ2) is 4.48. The lowest BCUT2D eigenvalue weighted by Crippen LogP contribution is -1.96. The van der Waals surface area contributed by atoms with E-state index < -0.39 is 0 Å². The maximum atomic E-state index is 13.2. The Balaban J connectivity index is 3.29. The normalized spacial score (nSPS) is 10.0. The maximum absolute atomic E-state index is 13.2.